The Morgan fingerprint density at radius 3 is 2.85 bits per heavy atom. The van der Waals surface area contributed by atoms with Gasteiger partial charge in [0.1, 0.15) is 0 Å². The summed E-state index contributed by atoms with van der Waals surface area (Å²) in [4.78, 5) is 10.7. The molecule has 6 nitrogen and oxygen atoms in total. The SMILES string of the molecule is CCSC1CCCC1NS(=O)(=O)c1ccc(C(=O)O)o1. The predicted octanol–water partition coefficient (Wildman–Crippen LogP) is 1.93. The number of sulfonamides is 1. The molecule has 1 aromatic heterocycles. The highest BCUT2D eigenvalue weighted by atomic mass is 32.2. The third kappa shape index (κ3) is 3.36. The van der Waals surface area contributed by atoms with Crippen LogP contribution in [0.25, 0.3) is 0 Å². The van der Waals surface area contributed by atoms with E-state index < -0.39 is 16.0 Å². The zero-order valence-electron chi connectivity index (χ0n) is 11.0. The van der Waals surface area contributed by atoms with E-state index in [9.17, 15) is 13.2 Å². The third-order valence-electron chi connectivity index (χ3n) is 3.20. The number of hydrogen-bond acceptors (Lipinski definition) is 5. The lowest BCUT2D eigenvalue weighted by molar-refractivity contribution is 0.0656. The summed E-state index contributed by atoms with van der Waals surface area (Å²) in [5, 5.41) is 8.67. The summed E-state index contributed by atoms with van der Waals surface area (Å²) in [6.45, 7) is 2.04. The molecule has 2 unspecified atom stereocenters. The summed E-state index contributed by atoms with van der Waals surface area (Å²) >= 11 is 1.74. The van der Waals surface area contributed by atoms with Crippen LogP contribution in [0.3, 0.4) is 0 Å². The zero-order valence-corrected chi connectivity index (χ0v) is 12.7. The topological polar surface area (TPSA) is 96.6 Å². The highest BCUT2D eigenvalue weighted by Gasteiger charge is 2.32. The van der Waals surface area contributed by atoms with E-state index in [1.807, 2.05) is 6.92 Å². The minimum atomic E-state index is -3.80. The van der Waals surface area contributed by atoms with Crippen LogP contribution in [-0.4, -0.2) is 36.5 Å². The summed E-state index contributed by atoms with van der Waals surface area (Å²) in [7, 11) is -3.80. The average molecular weight is 319 g/mol. The van der Waals surface area contributed by atoms with Gasteiger partial charge in [-0.05, 0) is 30.7 Å². The number of carboxylic acid groups (broad SMARTS) is 1. The van der Waals surface area contributed by atoms with Crippen LogP contribution in [0.15, 0.2) is 21.6 Å². The van der Waals surface area contributed by atoms with Crippen LogP contribution in [0.1, 0.15) is 36.7 Å². The Bertz CT molecular complexity index is 580. The second-order valence-electron chi connectivity index (χ2n) is 4.58. The first-order valence-electron chi connectivity index (χ1n) is 6.41. The van der Waals surface area contributed by atoms with Crippen LogP contribution in [0.5, 0.6) is 0 Å². The van der Waals surface area contributed by atoms with Crippen molar-refractivity contribution < 1.29 is 22.7 Å². The maximum Gasteiger partial charge on any atom is 0.371 e. The number of thioether (sulfide) groups is 1. The van der Waals surface area contributed by atoms with E-state index in [4.69, 9.17) is 9.52 Å². The van der Waals surface area contributed by atoms with Crippen molar-refractivity contribution >= 4 is 27.8 Å². The van der Waals surface area contributed by atoms with Crippen molar-refractivity contribution in [2.45, 2.75) is 42.6 Å². The molecule has 0 bridgehead atoms. The van der Waals surface area contributed by atoms with Gasteiger partial charge in [-0.15, -0.1) is 0 Å². The minimum Gasteiger partial charge on any atom is -0.475 e. The Morgan fingerprint density at radius 1 is 1.50 bits per heavy atom. The van der Waals surface area contributed by atoms with E-state index in [0.29, 0.717) is 0 Å². The summed E-state index contributed by atoms with van der Waals surface area (Å²) < 4.78 is 31.8. The summed E-state index contributed by atoms with van der Waals surface area (Å²) in [6, 6.07) is 2.19. The number of rotatable bonds is 6. The summed E-state index contributed by atoms with van der Waals surface area (Å²) in [5.74, 6) is -0.727. The molecule has 1 heterocycles. The molecule has 8 heteroatoms. The van der Waals surface area contributed by atoms with Gasteiger partial charge in [0, 0.05) is 11.3 Å². The normalized spacial score (nSPS) is 23.1. The van der Waals surface area contributed by atoms with Crippen molar-refractivity contribution in [3.8, 4) is 0 Å². The molecule has 0 radical (unpaired) electrons. The van der Waals surface area contributed by atoms with Gasteiger partial charge in [0.2, 0.25) is 10.9 Å². The standard InChI is InChI=1S/C12H17NO5S2/c1-2-19-10-5-3-4-8(10)13-20(16,17)11-7-6-9(18-11)12(14)15/h6-8,10,13H,2-5H2,1H3,(H,14,15). The van der Waals surface area contributed by atoms with Crippen molar-refractivity contribution in [2.24, 2.45) is 0 Å². The Balaban J connectivity index is 2.12. The van der Waals surface area contributed by atoms with Gasteiger partial charge in [0.15, 0.2) is 0 Å². The smallest absolute Gasteiger partial charge is 0.371 e. The Morgan fingerprint density at radius 2 is 2.25 bits per heavy atom. The molecule has 1 aromatic rings. The number of furan rings is 1. The lowest BCUT2D eigenvalue weighted by Crippen LogP contribution is -2.38. The fraction of sp³-hybridized carbons (Fsp3) is 0.583. The number of aromatic carboxylic acids is 1. The van der Waals surface area contributed by atoms with Crippen molar-refractivity contribution in [3.05, 3.63) is 17.9 Å². The molecule has 1 aliphatic carbocycles. The van der Waals surface area contributed by atoms with Crippen LogP contribution < -0.4 is 4.72 Å². The lowest BCUT2D eigenvalue weighted by Gasteiger charge is -2.19. The first-order chi connectivity index (χ1) is 9.44. The number of hydrogen-bond donors (Lipinski definition) is 2. The van der Waals surface area contributed by atoms with Crippen LogP contribution in [0.4, 0.5) is 0 Å². The molecule has 1 aliphatic rings. The summed E-state index contributed by atoms with van der Waals surface area (Å²) in [5.41, 5.74) is 0. The van der Waals surface area contributed by atoms with Crippen molar-refractivity contribution in [2.75, 3.05) is 5.75 Å². The molecule has 2 atom stereocenters. The van der Waals surface area contributed by atoms with Crippen LogP contribution in [-0.2, 0) is 10.0 Å². The quantitative estimate of drug-likeness (QED) is 0.831. The highest BCUT2D eigenvalue weighted by molar-refractivity contribution is 8.00. The number of carbonyl (C=O) groups is 1. The average Bonchev–Trinajstić information content (AvgIpc) is 2.99. The van der Waals surface area contributed by atoms with E-state index in [1.165, 1.54) is 6.07 Å². The third-order valence-corrected chi connectivity index (χ3v) is 5.88. The predicted molar refractivity (Wildman–Crippen MR) is 75.5 cm³/mol. The van der Waals surface area contributed by atoms with Crippen molar-refractivity contribution in [1.82, 2.24) is 4.72 Å². The van der Waals surface area contributed by atoms with Crippen LogP contribution in [0, 0.1) is 0 Å². The minimum absolute atomic E-state index is 0.122. The highest BCUT2D eigenvalue weighted by Crippen LogP contribution is 2.31. The molecular formula is C12H17NO5S2. The van der Waals surface area contributed by atoms with Gasteiger partial charge >= 0.3 is 5.97 Å². The molecule has 0 saturated heterocycles. The molecule has 2 rings (SSSR count). The van der Waals surface area contributed by atoms with Crippen LogP contribution >= 0.6 is 11.8 Å². The molecule has 0 spiro atoms. The van der Waals surface area contributed by atoms with E-state index in [-0.39, 0.29) is 22.1 Å². The van der Waals surface area contributed by atoms with Gasteiger partial charge in [-0.3, -0.25) is 0 Å². The maximum atomic E-state index is 12.2. The van der Waals surface area contributed by atoms with E-state index >= 15 is 0 Å². The molecule has 1 saturated carbocycles. The van der Waals surface area contributed by atoms with Crippen molar-refractivity contribution in [3.63, 3.8) is 0 Å². The monoisotopic (exact) mass is 319 g/mol. The first-order valence-corrected chi connectivity index (χ1v) is 8.94. The Labute approximate surface area is 122 Å². The second kappa shape index (κ2) is 6.19. The molecule has 0 aromatic carbocycles. The van der Waals surface area contributed by atoms with E-state index in [1.54, 1.807) is 11.8 Å². The molecule has 20 heavy (non-hydrogen) atoms. The van der Waals surface area contributed by atoms with Crippen LogP contribution in [0.2, 0.25) is 0 Å². The van der Waals surface area contributed by atoms with Crippen molar-refractivity contribution in [1.29, 1.82) is 0 Å². The van der Waals surface area contributed by atoms with Gasteiger partial charge in [-0.25, -0.2) is 17.9 Å². The molecule has 112 valence electrons. The van der Waals surface area contributed by atoms with Gasteiger partial charge in [-0.2, -0.15) is 11.8 Å². The second-order valence-corrected chi connectivity index (χ2v) is 7.74. The Hall–Kier alpha value is -0.990. The first kappa shape index (κ1) is 15.4. The summed E-state index contributed by atoms with van der Waals surface area (Å²) in [6.07, 6.45) is 2.77. The fourth-order valence-electron chi connectivity index (χ4n) is 2.31. The molecular weight excluding hydrogens is 302 g/mol. The molecule has 0 aliphatic heterocycles. The fourth-order valence-corrected chi connectivity index (χ4v) is 4.84. The molecule has 1 fully saturated rings. The Kier molecular flexibility index (Phi) is 4.77. The number of carboxylic acids is 1. The largest absolute Gasteiger partial charge is 0.475 e. The lowest BCUT2D eigenvalue weighted by atomic mass is 10.3. The molecule has 2 N–H and O–H groups in total. The maximum absolute atomic E-state index is 12.2. The van der Waals surface area contributed by atoms with Gasteiger partial charge in [-0.1, -0.05) is 13.3 Å². The van der Waals surface area contributed by atoms with E-state index in [0.717, 1.165) is 31.1 Å². The van der Waals surface area contributed by atoms with Gasteiger partial charge in [0.05, 0.1) is 0 Å². The number of nitrogens with one attached hydrogen (secondary N) is 1. The van der Waals surface area contributed by atoms with Gasteiger partial charge < -0.3 is 9.52 Å². The zero-order chi connectivity index (χ0) is 14.8. The van der Waals surface area contributed by atoms with Gasteiger partial charge in [0.25, 0.3) is 10.0 Å². The molecule has 0 amide bonds. The van der Waals surface area contributed by atoms with E-state index in [2.05, 4.69) is 4.72 Å².